The molecule has 0 bridgehead atoms. The first-order valence-electron chi connectivity index (χ1n) is 10.2. The summed E-state index contributed by atoms with van der Waals surface area (Å²) in [6.45, 7) is 8.86. The molecule has 0 saturated heterocycles. The maximum absolute atomic E-state index is 6.10. The van der Waals surface area contributed by atoms with Crippen LogP contribution >= 0.6 is 12.4 Å². The third kappa shape index (κ3) is 6.33. The van der Waals surface area contributed by atoms with Gasteiger partial charge in [-0.1, -0.05) is 112 Å². The van der Waals surface area contributed by atoms with Gasteiger partial charge in [0.2, 0.25) is 0 Å². The number of hydrogen-bond donors (Lipinski definition) is 2. The van der Waals surface area contributed by atoms with E-state index in [1.807, 2.05) is 0 Å². The quantitative estimate of drug-likeness (QED) is 0.379. The summed E-state index contributed by atoms with van der Waals surface area (Å²) in [7, 11) is 0. The predicted octanol–water partition coefficient (Wildman–Crippen LogP) is 6.52. The molecule has 28 heavy (non-hydrogen) atoms. The molecule has 0 aliphatic rings. The highest BCUT2D eigenvalue weighted by Crippen LogP contribution is 2.50. The third-order valence-electron chi connectivity index (χ3n) is 5.44. The standard InChI is InChI=1S/C22H34N2P2S2/c1-5-25(27,6-2)23-21(19-15-11-9-12-16-19)22(20-17-13-10-14-18-20)24-26(28,7-3)8-4/h9-18,21-22H,5-8H2,1-4H3,(H,23,27)(H,24,28)/t21-,22-/m0/s1. The van der Waals surface area contributed by atoms with Crippen molar-refractivity contribution in [3.8, 4) is 0 Å². The van der Waals surface area contributed by atoms with Gasteiger partial charge in [0.25, 0.3) is 0 Å². The maximum Gasteiger partial charge on any atom is 0.0560 e. The zero-order valence-electron chi connectivity index (χ0n) is 17.5. The molecule has 154 valence electrons. The van der Waals surface area contributed by atoms with Crippen molar-refractivity contribution in [2.75, 3.05) is 24.6 Å². The van der Waals surface area contributed by atoms with E-state index in [1.165, 1.54) is 11.1 Å². The molecule has 0 amide bonds. The van der Waals surface area contributed by atoms with Crippen LogP contribution in [0.2, 0.25) is 0 Å². The molecule has 2 N–H and O–H groups in total. The van der Waals surface area contributed by atoms with Crippen molar-refractivity contribution in [3.63, 3.8) is 0 Å². The monoisotopic (exact) mass is 452 g/mol. The molecule has 6 heteroatoms. The summed E-state index contributed by atoms with van der Waals surface area (Å²) in [5, 5.41) is 7.90. The second-order valence-corrected chi connectivity index (χ2v) is 17.9. The number of benzene rings is 2. The Morgan fingerprint density at radius 3 is 1.14 bits per heavy atom. The van der Waals surface area contributed by atoms with Crippen LogP contribution < -0.4 is 10.2 Å². The normalized spacial score (nSPS) is 14.6. The lowest BCUT2D eigenvalue weighted by molar-refractivity contribution is 0.504. The highest BCUT2D eigenvalue weighted by Gasteiger charge is 2.31. The van der Waals surface area contributed by atoms with E-state index in [2.05, 4.69) is 98.5 Å². The number of hydrogen-bond acceptors (Lipinski definition) is 2. The fourth-order valence-corrected chi connectivity index (χ4v) is 7.24. The van der Waals surface area contributed by atoms with Gasteiger partial charge in [0, 0.05) is 12.4 Å². The Morgan fingerprint density at radius 1 is 0.607 bits per heavy atom. The van der Waals surface area contributed by atoms with Crippen LogP contribution in [-0.2, 0) is 23.6 Å². The van der Waals surface area contributed by atoms with Gasteiger partial charge in [-0.05, 0) is 35.8 Å². The Morgan fingerprint density at radius 2 is 0.893 bits per heavy atom. The van der Waals surface area contributed by atoms with Crippen molar-refractivity contribution < 1.29 is 0 Å². The topological polar surface area (TPSA) is 24.1 Å². The second-order valence-electron chi connectivity index (χ2n) is 7.08. The third-order valence-corrected chi connectivity index (χ3v) is 14.8. The van der Waals surface area contributed by atoms with E-state index in [4.69, 9.17) is 23.6 Å². The van der Waals surface area contributed by atoms with E-state index >= 15 is 0 Å². The Bertz CT molecular complexity index is 726. The van der Waals surface area contributed by atoms with Crippen molar-refractivity contribution in [2.24, 2.45) is 0 Å². The first-order chi connectivity index (χ1) is 13.4. The van der Waals surface area contributed by atoms with Crippen LogP contribution in [0, 0.1) is 0 Å². The first kappa shape index (κ1) is 23.9. The lowest BCUT2D eigenvalue weighted by Gasteiger charge is -2.37. The van der Waals surface area contributed by atoms with E-state index in [1.54, 1.807) is 0 Å². The average Bonchev–Trinajstić information content (AvgIpc) is 2.77. The van der Waals surface area contributed by atoms with Crippen LogP contribution in [0.5, 0.6) is 0 Å². The van der Waals surface area contributed by atoms with E-state index in [9.17, 15) is 0 Å². The zero-order chi connectivity index (χ0) is 20.6. The summed E-state index contributed by atoms with van der Waals surface area (Å²) in [6, 6.07) is 21.7. The summed E-state index contributed by atoms with van der Waals surface area (Å²) >= 11 is 12.2. The molecule has 0 radical (unpaired) electrons. The zero-order valence-corrected chi connectivity index (χ0v) is 20.9. The highest BCUT2D eigenvalue weighted by atomic mass is 32.4. The predicted molar refractivity (Wildman–Crippen MR) is 135 cm³/mol. The maximum atomic E-state index is 6.10. The van der Waals surface area contributed by atoms with E-state index < -0.39 is 12.4 Å². The molecule has 2 aromatic rings. The van der Waals surface area contributed by atoms with Crippen LogP contribution in [-0.4, -0.2) is 24.6 Å². The van der Waals surface area contributed by atoms with Gasteiger partial charge in [-0.25, -0.2) is 0 Å². The summed E-state index contributed by atoms with van der Waals surface area (Å²) in [4.78, 5) is 0. The van der Waals surface area contributed by atoms with Crippen LogP contribution in [0.25, 0.3) is 0 Å². The van der Waals surface area contributed by atoms with Gasteiger partial charge in [0.05, 0.1) is 12.1 Å². The fourth-order valence-electron chi connectivity index (χ4n) is 3.32. The molecule has 0 spiro atoms. The molecule has 0 unspecified atom stereocenters. The Balaban J connectivity index is 2.57. The smallest absolute Gasteiger partial charge is 0.0560 e. The highest BCUT2D eigenvalue weighted by molar-refractivity contribution is 8.14. The lowest BCUT2D eigenvalue weighted by atomic mass is 9.95. The van der Waals surface area contributed by atoms with Gasteiger partial charge in [0.15, 0.2) is 0 Å². The van der Waals surface area contributed by atoms with Crippen LogP contribution in [0.1, 0.15) is 50.9 Å². The molecule has 2 rings (SSSR count). The minimum Gasteiger partial charge on any atom is -0.279 e. The fraction of sp³-hybridized carbons (Fsp3) is 0.455. The molecular formula is C22H34N2P2S2. The van der Waals surface area contributed by atoms with Gasteiger partial charge < -0.3 is 0 Å². The number of nitrogens with one attached hydrogen (secondary N) is 2. The van der Waals surface area contributed by atoms with Crippen LogP contribution in [0.15, 0.2) is 60.7 Å². The molecular weight excluding hydrogens is 418 g/mol. The van der Waals surface area contributed by atoms with Gasteiger partial charge in [-0.2, -0.15) is 0 Å². The van der Waals surface area contributed by atoms with Gasteiger partial charge >= 0.3 is 0 Å². The van der Waals surface area contributed by atoms with Crippen molar-refractivity contribution in [3.05, 3.63) is 71.8 Å². The Labute approximate surface area is 182 Å². The Kier molecular flexibility index (Phi) is 9.54. The molecule has 0 fully saturated rings. The summed E-state index contributed by atoms with van der Waals surface area (Å²) < 4.78 is 0. The first-order valence-corrected chi connectivity index (χ1v) is 16.6. The van der Waals surface area contributed by atoms with E-state index in [-0.39, 0.29) is 12.1 Å². The summed E-state index contributed by atoms with van der Waals surface area (Å²) in [5.74, 6) is 0. The summed E-state index contributed by atoms with van der Waals surface area (Å²) in [6.07, 6.45) is 0.778. The molecule has 0 aliphatic carbocycles. The van der Waals surface area contributed by atoms with Crippen molar-refractivity contribution >= 4 is 36.0 Å². The molecule has 0 heterocycles. The minimum atomic E-state index is -1.64. The van der Waals surface area contributed by atoms with Crippen LogP contribution in [0.3, 0.4) is 0 Å². The molecule has 0 aliphatic heterocycles. The molecule has 2 aromatic carbocycles. The molecule has 0 aromatic heterocycles. The van der Waals surface area contributed by atoms with E-state index in [0.29, 0.717) is 0 Å². The average molecular weight is 453 g/mol. The van der Waals surface area contributed by atoms with E-state index in [0.717, 1.165) is 24.6 Å². The van der Waals surface area contributed by atoms with Crippen molar-refractivity contribution in [2.45, 2.75) is 39.8 Å². The molecule has 2 atom stereocenters. The number of rotatable bonds is 11. The van der Waals surface area contributed by atoms with Gasteiger partial charge in [-0.15, -0.1) is 0 Å². The van der Waals surface area contributed by atoms with Gasteiger partial charge in [0.1, 0.15) is 0 Å². The van der Waals surface area contributed by atoms with Crippen molar-refractivity contribution in [1.29, 1.82) is 0 Å². The summed E-state index contributed by atoms with van der Waals surface area (Å²) in [5.41, 5.74) is 2.54. The minimum absolute atomic E-state index is 0.106. The van der Waals surface area contributed by atoms with Gasteiger partial charge in [-0.3, -0.25) is 10.2 Å². The van der Waals surface area contributed by atoms with Crippen molar-refractivity contribution in [1.82, 2.24) is 10.2 Å². The SMILES string of the molecule is CCP(=S)(CC)N[C@@H](c1ccccc1)[C@@H](NP(=S)(CC)CC)c1ccccc1. The molecule has 0 saturated carbocycles. The Hall–Kier alpha value is -0.340. The largest absolute Gasteiger partial charge is 0.279 e. The lowest BCUT2D eigenvalue weighted by Crippen LogP contribution is -2.34. The molecule has 2 nitrogen and oxygen atoms in total. The van der Waals surface area contributed by atoms with Crippen LogP contribution in [0.4, 0.5) is 0 Å². The second kappa shape index (κ2) is 11.2.